The number of esters is 2. The molecule has 9 unspecified atom stereocenters. The Labute approximate surface area is 218 Å². The van der Waals surface area contributed by atoms with E-state index in [4.69, 9.17) is 9.47 Å². The second-order valence-electron chi connectivity index (χ2n) is 13.8. The van der Waals surface area contributed by atoms with Crippen molar-refractivity contribution >= 4 is 11.9 Å². The summed E-state index contributed by atoms with van der Waals surface area (Å²) < 4.78 is 11.7. The van der Waals surface area contributed by atoms with Crippen LogP contribution < -0.4 is 0 Å². The van der Waals surface area contributed by atoms with Gasteiger partial charge in [0.2, 0.25) is 0 Å². The fourth-order valence-corrected chi connectivity index (χ4v) is 9.26. The summed E-state index contributed by atoms with van der Waals surface area (Å²) in [6, 6.07) is 0. The first-order valence-corrected chi connectivity index (χ1v) is 14.5. The molecule has 0 aromatic carbocycles. The molecule has 204 valence electrons. The van der Waals surface area contributed by atoms with Crippen LogP contribution in [0.2, 0.25) is 0 Å². The molecule has 0 aromatic rings. The summed E-state index contributed by atoms with van der Waals surface area (Å²) in [4.78, 5) is 23.8. The van der Waals surface area contributed by atoms with Gasteiger partial charge in [-0.25, -0.2) is 0 Å². The highest BCUT2D eigenvalue weighted by Crippen LogP contribution is 2.67. The van der Waals surface area contributed by atoms with E-state index in [0.717, 1.165) is 64.2 Å². The normalized spacial score (nSPS) is 41.4. The van der Waals surface area contributed by atoms with Gasteiger partial charge in [0.15, 0.2) is 0 Å². The lowest BCUT2D eigenvalue weighted by atomic mass is 9.47. The highest BCUT2D eigenvalue weighted by molar-refractivity contribution is 5.66. The average molecular weight is 503 g/mol. The zero-order valence-corrected chi connectivity index (χ0v) is 23.8. The molecule has 4 aliphatic rings. The Kier molecular flexibility index (Phi) is 7.74. The van der Waals surface area contributed by atoms with Crippen LogP contribution >= 0.6 is 0 Å². The van der Waals surface area contributed by atoms with Crippen molar-refractivity contribution in [3.8, 4) is 0 Å². The molecule has 0 saturated heterocycles. The second kappa shape index (κ2) is 10.1. The molecule has 1 N–H and O–H groups in total. The first kappa shape index (κ1) is 27.7. The van der Waals surface area contributed by atoms with Crippen LogP contribution in [0.4, 0.5) is 0 Å². The predicted octanol–water partition coefficient (Wildman–Crippen LogP) is 6.62. The summed E-state index contributed by atoms with van der Waals surface area (Å²) in [5, 5.41) is 11.7. The molecular weight excluding hydrogens is 452 g/mol. The van der Waals surface area contributed by atoms with Crippen LogP contribution in [-0.2, 0) is 19.1 Å². The Hall–Kier alpha value is -1.36. The van der Waals surface area contributed by atoms with Gasteiger partial charge in [-0.1, -0.05) is 52.2 Å². The molecule has 4 rings (SSSR count). The summed E-state index contributed by atoms with van der Waals surface area (Å²) >= 11 is 0. The van der Waals surface area contributed by atoms with Crippen molar-refractivity contribution in [2.24, 2.45) is 40.4 Å². The maximum absolute atomic E-state index is 12.2. The van der Waals surface area contributed by atoms with E-state index in [9.17, 15) is 14.7 Å². The number of hydrogen-bond acceptors (Lipinski definition) is 5. The Morgan fingerprint density at radius 3 is 2.42 bits per heavy atom. The smallest absolute Gasteiger partial charge is 0.302 e. The van der Waals surface area contributed by atoms with E-state index >= 15 is 0 Å². The molecule has 4 aliphatic carbocycles. The molecule has 5 heteroatoms. The Bertz CT molecular complexity index is 874. The fraction of sp³-hybridized carbons (Fsp3) is 0.871. The number of carbonyl (C=O) groups excluding carboxylic acids is 2. The van der Waals surface area contributed by atoms with Crippen LogP contribution in [-0.4, -0.2) is 34.9 Å². The van der Waals surface area contributed by atoms with Crippen LogP contribution in [0.5, 0.6) is 0 Å². The van der Waals surface area contributed by atoms with Gasteiger partial charge in [-0.3, -0.25) is 9.59 Å². The lowest BCUT2D eigenvalue weighted by Crippen LogP contribution is -2.55. The minimum Gasteiger partial charge on any atom is -0.463 e. The van der Waals surface area contributed by atoms with E-state index in [-0.39, 0.29) is 46.8 Å². The number of aliphatic hydroxyl groups is 1. The first-order chi connectivity index (χ1) is 16.8. The van der Waals surface area contributed by atoms with Gasteiger partial charge in [-0.15, -0.1) is 0 Å². The molecule has 0 radical (unpaired) electrons. The summed E-state index contributed by atoms with van der Waals surface area (Å²) in [7, 11) is 0. The van der Waals surface area contributed by atoms with E-state index in [1.54, 1.807) is 5.57 Å². The van der Waals surface area contributed by atoms with Gasteiger partial charge in [0.25, 0.3) is 0 Å². The molecule has 9 atom stereocenters. The standard InChI is InChI=1S/C31H50O5/c1-19(2)9-8-14-31(7,34)28-11-10-24-23-18-27(36-21(4)33)26-17-22(35-20(3)32)12-15-29(26,5)25(23)13-16-30(24,28)6/h13,19,22-24,26-28,34H,8-12,14-18H2,1-7H3. The number of ether oxygens (including phenoxy) is 2. The zero-order valence-electron chi connectivity index (χ0n) is 23.8. The molecule has 0 amide bonds. The molecule has 3 fully saturated rings. The molecule has 0 heterocycles. The lowest BCUT2D eigenvalue weighted by molar-refractivity contribution is -0.168. The van der Waals surface area contributed by atoms with Crippen LogP contribution in [0.1, 0.15) is 113 Å². The van der Waals surface area contributed by atoms with Crippen molar-refractivity contribution in [1.82, 2.24) is 0 Å². The molecular formula is C31H50O5. The monoisotopic (exact) mass is 502 g/mol. The van der Waals surface area contributed by atoms with Crippen molar-refractivity contribution in [3.05, 3.63) is 11.6 Å². The maximum Gasteiger partial charge on any atom is 0.302 e. The SMILES string of the molecule is CC(=O)OC1CCC2(C)C3=CCC4(C)C(CCC4C(C)(O)CCCC(C)C)C3CC(OC(C)=O)C2C1. The third-order valence-corrected chi connectivity index (χ3v) is 10.8. The third-order valence-electron chi connectivity index (χ3n) is 10.8. The van der Waals surface area contributed by atoms with E-state index < -0.39 is 5.60 Å². The van der Waals surface area contributed by atoms with E-state index in [1.807, 2.05) is 0 Å². The molecule has 36 heavy (non-hydrogen) atoms. The van der Waals surface area contributed by atoms with Gasteiger partial charge in [0.1, 0.15) is 12.2 Å². The average Bonchev–Trinajstić information content (AvgIpc) is 3.12. The van der Waals surface area contributed by atoms with Crippen LogP contribution in [0.15, 0.2) is 11.6 Å². The molecule has 0 aliphatic heterocycles. The highest BCUT2D eigenvalue weighted by atomic mass is 16.5. The van der Waals surface area contributed by atoms with E-state index in [1.165, 1.54) is 13.8 Å². The highest BCUT2D eigenvalue weighted by Gasteiger charge is 2.62. The number of rotatable bonds is 7. The van der Waals surface area contributed by atoms with E-state index in [0.29, 0.717) is 17.8 Å². The first-order valence-electron chi connectivity index (χ1n) is 14.5. The number of fused-ring (bicyclic) bond motifs is 5. The minimum absolute atomic E-state index is 0.0428. The fourth-order valence-electron chi connectivity index (χ4n) is 9.26. The lowest BCUT2D eigenvalue weighted by Gasteiger charge is -2.59. The largest absolute Gasteiger partial charge is 0.463 e. The van der Waals surface area contributed by atoms with Crippen molar-refractivity contribution < 1.29 is 24.2 Å². The Balaban J connectivity index is 1.61. The molecule has 5 nitrogen and oxygen atoms in total. The summed E-state index contributed by atoms with van der Waals surface area (Å²) in [6.45, 7) is 14.4. The topological polar surface area (TPSA) is 72.8 Å². The van der Waals surface area contributed by atoms with E-state index in [2.05, 4.69) is 40.7 Å². The Morgan fingerprint density at radius 1 is 1.08 bits per heavy atom. The van der Waals surface area contributed by atoms with Gasteiger partial charge in [-0.05, 0) is 92.8 Å². The molecule has 3 saturated carbocycles. The third kappa shape index (κ3) is 5.02. The quantitative estimate of drug-likeness (QED) is 0.313. The van der Waals surface area contributed by atoms with Crippen molar-refractivity contribution in [3.63, 3.8) is 0 Å². The van der Waals surface area contributed by atoms with Crippen LogP contribution in [0, 0.1) is 40.4 Å². The Morgan fingerprint density at radius 2 is 1.78 bits per heavy atom. The second-order valence-corrected chi connectivity index (χ2v) is 13.8. The number of hydrogen-bond donors (Lipinski definition) is 1. The van der Waals surface area contributed by atoms with Gasteiger partial charge in [0.05, 0.1) is 5.60 Å². The van der Waals surface area contributed by atoms with Crippen molar-refractivity contribution in [2.45, 2.75) is 130 Å². The van der Waals surface area contributed by atoms with Gasteiger partial charge in [-0.2, -0.15) is 0 Å². The van der Waals surface area contributed by atoms with Crippen molar-refractivity contribution in [2.75, 3.05) is 0 Å². The summed E-state index contributed by atoms with van der Waals surface area (Å²) in [6.07, 6.45) is 12.0. The zero-order chi connectivity index (χ0) is 26.5. The summed E-state index contributed by atoms with van der Waals surface area (Å²) in [5.41, 5.74) is 0.926. The van der Waals surface area contributed by atoms with Crippen LogP contribution in [0.3, 0.4) is 0 Å². The predicted molar refractivity (Wildman–Crippen MR) is 141 cm³/mol. The summed E-state index contributed by atoms with van der Waals surface area (Å²) in [5.74, 6) is 1.56. The minimum atomic E-state index is -0.651. The number of carbonyl (C=O) groups is 2. The maximum atomic E-state index is 12.2. The molecule has 0 bridgehead atoms. The molecule has 0 spiro atoms. The van der Waals surface area contributed by atoms with Gasteiger partial charge >= 0.3 is 11.9 Å². The van der Waals surface area contributed by atoms with Gasteiger partial charge < -0.3 is 14.6 Å². The molecule has 0 aromatic heterocycles. The van der Waals surface area contributed by atoms with Gasteiger partial charge in [0, 0.05) is 19.8 Å². The van der Waals surface area contributed by atoms with Crippen molar-refractivity contribution in [1.29, 1.82) is 0 Å². The van der Waals surface area contributed by atoms with Crippen LogP contribution in [0.25, 0.3) is 0 Å². The number of allylic oxidation sites excluding steroid dienone is 2.